The lowest BCUT2D eigenvalue weighted by atomic mass is 10.1. The number of nitrogen functional groups attached to an aromatic ring is 1. The maximum atomic E-state index is 10.5. The third-order valence-corrected chi connectivity index (χ3v) is 2.49. The van der Waals surface area contributed by atoms with Gasteiger partial charge in [-0.15, -0.1) is 0 Å². The van der Waals surface area contributed by atoms with Gasteiger partial charge in [-0.2, -0.15) is 0 Å². The average Bonchev–Trinajstić information content (AvgIpc) is 2.58. The Hall–Kier alpha value is -2.30. The third kappa shape index (κ3) is 2.44. The molecular weight excluding hydrogens is 218 g/mol. The number of H-pyrrole nitrogens is 1. The second-order valence-electron chi connectivity index (χ2n) is 3.86. The Morgan fingerprint density at radius 1 is 1.41 bits per heavy atom. The van der Waals surface area contributed by atoms with Crippen LogP contribution in [0.4, 0.5) is 5.95 Å². The van der Waals surface area contributed by atoms with Crippen molar-refractivity contribution >= 4 is 11.9 Å². The predicted octanol–water partition coefficient (Wildman–Crippen LogP) is 1.59. The SMILES string of the molecule is Cc1[nH]c(N)nc1-c1ccc(CC(=O)O)cc1. The molecule has 0 saturated heterocycles. The second kappa shape index (κ2) is 4.29. The fourth-order valence-electron chi connectivity index (χ4n) is 1.72. The highest BCUT2D eigenvalue weighted by Gasteiger charge is 2.07. The van der Waals surface area contributed by atoms with Crippen LogP contribution in [-0.4, -0.2) is 21.0 Å². The van der Waals surface area contributed by atoms with Gasteiger partial charge < -0.3 is 15.8 Å². The molecule has 0 unspecified atom stereocenters. The molecule has 0 fully saturated rings. The van der Waals surface area contributed by atoms with E-state index >= 15 is 0 Å². The van der Waals surface area contributed by atoms with Crippen LogP contribution in [-0.2, 0) is 11.2 Å². The molecule has 0 aliphatic heterocycles. The van der Waals surface area contributed by atoms with Gasteiger partial charge in [0.1, 0.15) is 0 Å². The first-order valence-electron chi connectivity index (χ1n) is 5.19. The van der Waals surface area contributed by atoms with Gasteiger partial charge in [-0.1, -0.05) is 24.3 Å². The zero-order chi connectivity index (χ0) is 12.4. The molecule has 17 heavy (non-hydrogen) atoms. The minimum atomic E-state index is -0.835. The number of anilines is 1. The molecule has 0 radical (unpaired) electrons. The van der Waals surface area contributed by atoms with E-state index in [1.165, 1.54) is 0 Å². The van der Waals surface area contributed by atoms with E-state index < -0.39 is 5.97 Å². The number of carbonyl (C=O) groups is 1. The number of nitrogens with one attached hydrogen (secondary N) is 1. The summed E-state index contributed by atoms with van der Waals surface area (Å²) in [4.78, 5) is 17.6. The van der Waals surface area contributed by atoms with Crippen molar-refractivity contribution in [2.45, 2.75) is 13.3 Å². The lowest BCUT2D eigenvalue weighted by molar-refractivity contribution is -0.136. The van der Waals surface area contributed by atoms with Gasteiger partial charge in [-0.05, 0) is 12.5 Å². The van der Waals surface area contributed by atoms with Crippen molar-refractivity contribution in [2.24, 2.45) is 0 Å². The van der Waals surface area contributed by atoms with E-state index in [0.29, 0.717) is 5.95 Å². The molecule has 0 saturated carbocycles. The number of hydrogen-bond acceptors (Lipinski definition) is 3. The number of carboxylic acid groups (broad SMARTS) is 1. The lowest BCUT2D eigenvalue weighted by Gasteiger charge is -2.01. The molecule has 5 heteroatoms. The van der Waals surface area contributed by atoms with E-state index in [-0.39, 0.29) is 6.42 Å². The van der Waals surface area contributed by atoms with Crippen LogP contribution < -0.4 is 5.73 Å². The molecule has 2 aromatic rings. The maximum Gasteiger partial charge on any atom is 0.307 e. The Morgan fingerprint density at radius 3 is 2.53 bits per heavy atom. The zero-order valence-electron chi connectivity index (χ0n) is 9.40. The Kier molecular flexibility index (Phi) is 2.82. The molecule has 1 heterocycles. The number of aliphatic carboxylic acids is 1. The smallest absolute Gasteiger partial charge is 0.307 e. The standard InChI is InChI=1S/C12H13N3O2/c1-7-11(15-12(13)14-7)9-4-2-8(3-5-9)6-10(16)17/h2-5H,6H2,1H3,(H,16,17)(H3,13,14,15). The number of imidazole rings is 1. The van der Waals surface area contributed by atoms with E-state index in [4.69, 9.17) is 10.8 Å². The van der Waals surface area contributed by atoms with Gasteiger partial charge in [0.15, 0.2) is 5.95 Å². The maximum absolute atomic E-state index is 10.5. The summed E-state index contributed by atoms with van der Waals surface area (Å²) in [5.74, 6) is -0.454. The number of nitrogens with zero attached hydrogens (tertiary/aromatic N) is 1. The van der Waals surface area contributed by atoms with Crippen LogP contribution in [0.25, 0.3) is 11.3 Å². The summed E-state index contributed by atoms with van der Waals surface area (Å²) in [5.41, 5.74) is 8.95. The van der Waals surface area contributed by atoms with Crippen molar-refractivity contribution in [1.29, 1.82) is 0 Å². The molecular formula is C12H13N3O2. The number of aryl methyl sites for hydroxylation is 1. The third-order valence-electron chi connectivity index (χ3n) is 2.49. The number of benzene rings is 1. The summed E-state index contributed by atoms with van der Waals surface area (Å²) >= 11 is 0. The van der Waals surface area contributed by atoms with E-state index in [1.54, 1.807) is 12.1 Å². The fourth-order valence-corrected chi connectivity index (χ4v) is 1.72. The second-order valence-corrected chi connectivity index (χ2v) is 3.86. The average molecular weight is 231 g/mol. The van der Waals surface area contributed by atoms with Crippen LogP contribution in [0.5, 0.6) is 0 Å². The minimum Gasteiger partial charge on any atom is -0.481 e. The normalized spacial score (nSPS) is 10.4. The highest BCUT2D eigenvalue weighted by molar-refractivity contribution is 5.71. The van der Waals surface area contributed by atoms with Gasteiger partial charge in [0.2, 0.25) is 0 Å². The van der Waals surface area contributed by atoms with Crippen LogP contribution in [0.1, 0.15) is 11.3 Å². The van der Waals surface area contributed by atoms with E-state index in [0.717, 1.165) is 22.5 Å². The number of aromatic amines is 1. The van der Waals surface area contributed by atoms with E-state index in [1.807, 2.05) is 19.1 Å². The van der Waals surface area contributed by atoms with Gasteiger partial charge >= 0.3 is 5.97 Å². The van der Waals surface area contributed by atoms with Crippen molar-refractivity contribution in [1.82, 2.24) is 9.97 Å². The first kappa shape index (κ1) is 11.2. The van der Waals surface area contributed by atoms with Crippen LogP contribution in [0.3, 0.4) is 0 Å². The number of rotatable bonds is 3. The van der Waals surface area contributed by atoms with Crippen LogP contribution in [0, 0.1) is 6.92 Å². The Morgan fingerprint density at radius 2 is 2.06 bits per heavy atom. The molecule has 0 aliphatic rings. The van der Waals surface area contributed by atoms with Crippen LogP contribution in [0.2, 0.25) is 0 Å². The van der Waals surface area contributed by atoms with Gasteiger partial charge in [0.25, 0.3) is 0 Å². The molecule has 2 rings (SSSR count). The van der Waals surface area contributed by atoms with Crippen molar-refractivity contribution < 1.29 is 9.90 Å². The number of hydrogen-bond donors (Lipinski definition) is 3. The Bertz CT molecular complexity index is 543. The molecule has 1 aromatic heterocycles. The molecule has 4 N–H and O–H groups in total. The van der Waals surface area contributed by atoms with Crippen molar-refractivity contribution in [3.8, 4) is 11.3 Å². The molecule has 0 spiro atoms. The van der Waals surface area contributed by atoms with Crippen molar-refractivity contribution in [2.75, 3.05) is 5.73 Å². The fraction of sp³-hybridized carbons (Fsp3) is 0.167. The summed E-state index contributed by atoms with van der Waals surface area (Å²) in [6, 6.07) is 7.27. The van der Waals surface area contributed by atoms with Gasteiger partial charge in [0, 0.05) is 11.3 Å². The summed E-state index contributed by atoms with van der Waals surface area (Å²) < 4.78 is 0. The molecule has 5 nitrogen and oxygen atoms in total. The highest BCUT2D eigenvalue weighted by Crippen LogP contribution is 2.22. The Labute approximate surface area is 98.3 Å². The molecule has 0 aliphatic carbocycles. The summed E-state index contributed by atoms with van der Waals surface area (Å²) in [6.07, 6.45) is 0.0297. The zero-order valence-corrected chi connectivity index (χ0v) is 9.40. The van der Waals surface area contributed by atoms with E-state index in [9.17, 15) is 4.79 Å². The van der Waals surface area contributed by atoms with Crippen molar-refractivity contribution in [3.05, 3.63) is 35.5 Å². The number of carboxylic acids is 1. The van der Waals surface area contributed by atoms with Gasteiger partial charge in [0.05, 0.1) is 12.1 Å². The minimum absolute atomic E-state index is 0.0297. The summed E-state index contributed by atoms with van der Waals surface area (Å²) in [5, 5.41) is 8.67. The summed E-state index contributed by atoms with van der Waals surface area (Å²) in [6.45, 7) is 1.89. The molecule has 0 bridgehead atoms. The molecule has 0 amide bonds. The van der Waals surface area contributed by atoms with Crippen LogP contribution >= 0.6 is 0 Å². The largest absolute Gasteiger partial charge is 0.481 e. The molecule has 0 atom stereocenters. The topological polar surface area (TPSA) is 92.0 Å². The monoisotopic (exact) mass is 231 g/mol. The van der Waals surface area contributed by atoms with Gasteiger partial charge in [-0.25, -0.2) is 4.98 Å². The quantitative estimate of drug-likeness (QED) is 0.748. The van der Waals surface area contributed by atoms with Crippen LogP contribution in [0.15, 0.2) is 24.3 Å². The van der Waals surface area contributed by atoms with Gasteiger partial charge in [-0.3, -0.25) is 4.79 Å². The summed E-state index contributed by atoms with van der Waals surface area (Å²) in [7, 11) is 0. The first-order valence-corrected chi connectivity index (χ1v) is 5.19. The first-order chi connectivity index (χ1) is 8.06. The number of nitrogens with two attached hydrogens (primary N) is 1. The molecule has 1 aromatic carbocycles. The Balaban J connectivity index is 2.29. The van der Waals surface area contributed by atoms with E-state index in [2.05, 4.69) is 9.97 Å². The highest BCUT2D eigenvalue weighted by atomic mass is 16.4. The molecule has 88 valence electrons. The van der Waals surface area contributed by atoms with Crippen molar-refractivity contribution in [3.63, 3.8) is 0 Å². The lowest BCUT2D eigenvalue weighted by Crippen LogP contribution is -1.99. The predicted molar refractivity (Wildman–Crippen MR) is 64.5 cm³/mol. The number of aromatic nitrogens is 2.